The smallest absolute Gasteiger partial charge is 0.226 e. The standard InChI is InChI=1S/C25H38N2O2/c1-18(2)13-21-5-7-22(8-6-21)17-26-11-9-25(10-12-26)14-23(25)24(28)27-15-19(3)29-20(4)16-27/h5-8,18-20,23H,9-17H2,1-4H3/t19-,20+,23?. The molecule has 2 aliphatic heterocycles. The number of rotatable bonds is 5. The minimum Gasteiger partial charge on any atom is -0.372 e. The van der Waals surface area contributed by atoms with Crippen molar-refractivity contribution < 1.29 is 9.53 Å². The number of ether oxygens (including phenoxy) is 1. The monoisotopic (exact) mass is 398 g/mol. The molecule has 1 aromatic carbocycles. The molecule has 2 saturated heterocycles. The van der Waals surface area contributed by atoms with E-state index in [-0.39, 0.29) is 18.1 Å². The van der Waals surface area contributed by atoms with E-state index in [0.29, 0.717) is 17.2 Å². The van der Waals surface area contributed by atoms with E-state index in [1.54, 1.807) is 0 Å². The molecule has 3 fully saturated rings. The van der Waals surface area contributed by atoms with Crippen LogP contribution in [0.1, 0.15) is 58.1 Å². The number of benzene rings is 1. The third-order valence-corrected chi connectivity index (χ3v) is 7.14. The summed E-state index contributed by atoms with van der Waals surface area (Å²) < 4.78 is 5.80. The van der Waals surface area contributed by atoms with E-state index in [9.17, 15) is 4.79 Å². The molecule has 1 spiro atoms. The van der Waals surface area contributed by atoms with Gasteiger partial charge in [0.2, 0.25) is 5.91 Å². The van der Waals surface area contributed by atoms with Gasteiger partial charge in [-0.15, -0.1) is 0 Å². The van der Waals surface area contributed by atoms with Crippen molar-refractivity contribution in [2.24, 2.45) is 17.3 Å². The number of hydrogen-bond acceptors (Lipinski definition) is 3. The molecule has 0 radical (unpaired) electrons. The fraction of sp³-hybridized carbons (Fsp3) is 0.720. The Hall–Kier alpha value is -1.39. The zero-order chi connectivity index (χ0) is 20.6. The molecule has 0 N–H and O–H groups in total. The highest BCUT2D eigenvalue weighted by molar-refractivity contribution is 5.83. The van der Waals surface area contributed by atoms with Gasteiger partial charge in [-0.2, -0.15) is 0 Å². The van der Waals surface area contributed by atoms with Crippen LogP contribution in [0.4, 0.5) is 0 Å². The van der Waals surface area contributed by atoms with E-state index in [2.05, 4.69) is 61.8 Å². The summed E-state index contributed by atoms with van der Waals surface area (Å²) in [6.07, 6.45) is 4.92. The van der Waals surface area contributed by atoms with Gasteiger partial charge >= 0.3 is 0 Å². The van der Waals surface area contributed by atoms with Gasteiger partial charge in [0, 0.05) is 25.6 Å². The first-order valence-electron chi connectivity index (χ1n) is 11.6. The molecule has 3 aliphatic rings. The maximum Gasteiger partial charge on any atom is 0.226 e. The largest absolute Gasteiger partial charge is 0.372 e. The lowest BCUT2D eigenvalue weighted by atomic mass is 9.90. The highest BCUT2D eigenvalue weighted by Gasteiger charge is 2.59. The van der Waals surface area contributed by atoms with E-state index in [1.807, 2.05) is 0 Å². The molecule has 4 nitrogen and oxygen atoms in total. The van der Waals surface area contributed by atoms with Crippen LogP contribution in [-0.4, -0.2) is 54.1 Å². The Morgan fingerprint density at radius 3 is 2.24 bits per heavy atom. The minimum absolute atomic E-state index is 0.158. The Morgan fingerprint density at radius 1 is 1.07 bits per heavy atom. The van der Waals surface area contributed by atoms with Gasteiger partial charge in [0.25, 0.3) is 0 Å². The molecule has 1 aliphatic carbocycles. The third kappa shape index (κ3) is 4.86. The van der Waals surface area contributed by atoms with Crippen LogP contribution in [0.25, 0.3) is 0 Å². The van der Waals surface area contributed by atoms with Crippen LogP contribution in [-0.2, 0) is 22.5 Å². The molecule has 3 atom stereocenters. The molecule has 4 heteroatoms. The summed E-state index contributed by atoms with van der Waals surface area (Å²) in [5, 5.41) is 0. The van der Waals surface area contributed by atoms with Crippen LogP contribution in [0.5, 0.6) is 0 Å². The van der Waals surface area contributed by atoms with Crippen LogP contribution in [0.2, 0.25) is 0 Å². The SMILES string of the molecule is CC(C)Cc1ccc(CN2CCC3(CC2)CC3C(=O)N2C[C@@H](C)O[C@@H](C)C2)cc1. The van der Waals surface area contributed by atoms with Gasteiger partial charge in [-0.3, -0.25) is 9.69 Å². The number of amides is 1. The molecular formula is C25H38N2O2. The normalized spacial score (nSPS) is 29.4. The Balaban J connectivity index is 1.26. The van der Waals surface area contributed by atoms with E-state index < -0.39 is 0 Å². The lowest BCUT2D eigenvalue weighted by molar-refractivity contribution is -0.145. The molecule has 4 rings (SSSR count). The Kier molecular flexibility index (Phi) is 6.04. The molecule has 2 heterocycles. The van der Waals surface area contributed by atoms with Crippen LogP contribution in [0.15, 0.2) is 24.3 Å². The van der Waals surface area contributed by atoms with Gasteiger partial charge in [0.1, 0.15) is 0 Å². The van der Waals surface area contributed by atoms with Gasteiger partial charge in [-0.25, -0.2) is 0 Å². The Morgan fingerprint density at radius 2 is 1.66 bits per heavy atom. The van der Waals surface area contributed by atoms with Crippen molar-refractivity contribution in [3.05, 3.63) is 35.4 Å². The van der Waals surface area contributed by atoms with Gasteiger partial charge in [-0.1, -0.05) is 38.1 Å². The van der Waals surface area contributed by atoms with E-state index in [0.717, 1.165) is 45.6 Å². The van der Waals surface area contributed by atoms with Crippen molar-refractivity contribution in [3.8, 4) is 0 Å². The molecule has 0 aromatic heterocycles. The fourth-order valence-corrected chi connectivity index (χ4v) is 5.49. The fourth-order valence-electron chi connectivity index (χ4n) is 5.49. The first-order valence-corrected chi connectivity index (χ1v) is 11.6. The average Bonchev–Trinajstić information content (AvgIpc) is 3.37. The topological polar surface area (TPSA) is 32.8 Å². The summed E-state index contributed by atoms with van der Waals surface area (Å²) in [6.45, 7) is 13.5. The molecule has 29 heavy (non-hydrogen) atoms. The zero-order valence-corrected chi connectivity index (χ0v) is 18.7. The number of carbonyl (C=O) groups excluding carboxylic acids is 1. The predicted octanol–water partition coefficient (Wildman–Crippen LogP) is 4.12. The first kappa shape index (κ1) is 20.9. The first-order chi connectivity index (χ1) is 13.8. The van der Waals surface area contributed by atoms with Crippen molar-refractivity contribution in [2.75, 3.05) is 26.2 Å². The van der Waals surface area contributed by atoms with Crippen molar-refractivity contribution in [1.82, 2.24) is 9.80 Å². The predicted molar refractivity (Wildman–Crippen MR) is 117 cm³/mol. The summed E-state index contributed by atoms with van der Waals surface area (Å²) >= 11 is 0. The summed E-state index contributed by atoms with van der Waals surface area (Å²) in [5.41, 5.74) is 3.14. The van der Waals surface area contributed by atoms with Gasteiger partial charge in [0.05, 0.1) is 12.2 Å². The lowest BCUT2D eigenvalue weighted by Crippen LogP contribution is -2.49. The molecule has 1 amide bonds. The van der Waals surface area contributed by atoms with Gasteiger partial charge in [0.15, 0.2) is 0 Å². The number of carbonyl (C=O) groups is 1. The number of morpholine rings is 1. The van der Waals surface area contributed by atoms with Crippen LogP contribution in [0.3, 0.4) is 0 Å². The van der Waals surface area contributed by atoms with Crippen molar-refractivity contribution in [1.29, 1.82) is 0 Å². The summed E-state index contributed by atoms with van der Waals surface area (Å²) in [4.78, 5) is 17.7. The maximum absolute atomic E-state index is 13.1. The Labute approximate surface area is 176 Å². The lowest BCUT2D eigenvalue weighted by Gasteiger charge is -2.37. The second-order valence-electron chi connectivity index (χ2n) is 10.3. The number of piperidine rings is 1. The highest BCUT2D eigenvalue weighted by atomic mass is 16.5. The van der Waals surface area contributed by atoms with Crippen molar-refractivity contribution in [2.45, 2.75) is 72.1 Å². The Bertz CT molecular complexity index is 696. The third-order valence-electron chi connectivity index (χ3n) is 7.14. The van der Waals surface area contributed by atoms with Crippen LogP contribution in [0, 0.1) is 17.3 Å². The van der Waals surface area contributed by atoms with E-state index in [1.165, 1.54) is 24.0 Å². The van der Waals surface area contributed by atoms with Crippen molar-refractivity contribution in [3.63, 3.8) is 0 Å². The highest BCUT2D eigenvalue weighted by Crippen LogP contribution is 2.60. The molecule has 1 aromatic rings. The summed E-state index contributed by atoms with van der Waals surface area (Å²) in [6, 6.07) is 9.18. The molecular weight excluding hydrogens is 360 g/mol. The molecule has 1 saturated carbocycles. The van der Waals surface area contributed by atoms with Gasteiger partial charge in [-0.05, 0) is 75.1 Å². The molecule has 160 valence electrons. The molecule has 1 unspecified atom stereocenters. The summed E-state index contributed by atoms with van der Waals surface area (Å²) in [7, 11) is 0. The van der Waals surface area contributed by atoms with Crippen LogP contribution < -0.4 is 0 Å². The maximum atomic E-state index is 13.1. The quantitative estimate of drug-likeness (QED) is 0.748. The number of nitrogens with zero attached hydrogens (tertiary/aromatic N) is 2. The average molecular weight is 399 g/mol. The zero-order valence-electron chi connectivity index (χ0n) is 18.7. The number of hydrogen-bond donors (Lipinski definition) is 0. The second-order valence-corrected chi connectivity index (χ2v) is 10.3. The van der Waals surface area contributed by atoms with Gasteiger partial charge < -0.3 is 9.64 Å². The van der Waals surface area contributed by atoms with E-state index >= 15 is 0 Å². The summed E-state index contributed by atoms with van der Waals surface area (Å²) in [5.74, 6) is 1.36. The van der Waals surface area contributed by atoms with E-state index in [4.69, 9.17) is 4.74 Å². The minimum atomic E-state index is 0.158. The number of likely N-dealkylation sites (tertiary alicyclic amines) is 1. The van der Waals surface area contributed by atoms with Crippen LogP contribution >= 0.6 is 0 Å². The second kappa shape index (κ2) is 8.39. The molecule has 0 bridgehead atoms. The van der Waals surface area contributed by atoms with Crippen molar-refractivity contribution >= 4 is 5.91 Å².